The summed E-state index contributed by atoms with van der Waals surface area (Å²) in [4.78, 5) is 3.49. The fourth-order valence-electron chi connectivity index (χ4n) is 1.43. The molecule has 4 heteroatoms. The van der Waals surface area contributed by atoms with Gasteiger partial charge in [-0.05, 0) is 0 Å². The van der Waals surface area contributed by atoms with Gasteiger partial charge in [0.1, 0.15) is 0 Å². The Balaban J connectivity index is 4.90. The summed E-state index contributed by atoms with van der Waals surface area (Å²) in [6.45, 7) is 6.70. The van der Waals surface area contributed by atoms with Gasteiger partial charge < -0.3 is 0 Å². The first-order valence-corrected chi connectivity index (χ1v) is 14.8. The molecule has 0 N–H and O–H groups in total. The average molecular weight is 231 g/mol. The van der Waals surface area contributed by atoms with Crippen LogP contribution in [0.4, 0.5) is 0 Å². The van der Waals surface area contributed by atoms with Gasteiger partial charge in [0, 0.05) is 0 Å². The summed E-state index contributed by atoms with van der Waals surface area (Å²) >= 11 is -1.84. The van der Waals surface area contributed by atoms with E-state index in [2.05, 4.69) is 41.7 Å². The predicted octanol–water partition coefficient (Wildman–Crippen LogP) is 2.41. The van der Waals surface area contributed by atoms with Crippen molar-refractivity contribution in [2.75, 3.05) is 0 Å². The van der Waals surface area contributed by atoms with Gasteiger partial charge in [-0.1, -0.05) is 0 Å². The molecule has 0 atom stereocenters. The van der Waals surface area contributed by atoms with Crippen molar-refractivity contribution in [3.05, 3.63) is 5.53 Å². The third-order valence-corrected chi connectivity index (χ3v) is 14.9. The molecule has 0 bridgehead atoms. The van der Waals surface area contributed by atoms with E-state index < -0.39 is 21.3 Å². The van der Waals surface area contributed by atoms with Crippen LogP contribution in [0.3, 0.4) is 0 Å². The van der Waals surface area contributed by atoms with Gasteiger partial charge in [0.15, 0.2) is 0 Å². The second-order valence-corrected chi connectivity index (χ2v) is 21.4. The quantitative estimate of drug-likeness (QED) is 0.303. The average Bonchev–Trinajstić information content (AvgIpc) is 1.56. The SMILES string of the molecule is C[Si](C)(C)[C](=[N+]=[N-])[Ge]([CH3])([CH3])[CH3]. The van der Waals surface area contributed by atoms with Crippen molar-refractivity contribution in [1.82, 2.24) is 0 Å². The van der Waals surface area contributed by atoms with Crippen molar-refractivity contribution < 1.29 is 4.79 Å². The van der Waals surface area contributed by atoms with Crippen LogP contribution in [0.15, 0.2) is 0 Å². The van der Waals surface area contributed by atoms with Crippen molar-refractivity contribution in [2.24, 2.45) is 0 Å². The van der Waals surface area contributed by atoms with Crippen molar-refractivity contribution in [3.63, 3.8) is 0 Å². The van der Waals surface area contributed by atoms with Crippen LogP contribution in [-0.2, 0) is 0 Å². The molecule has 0 saturated carbocycles. The van der Waals surface area contributed by atoms with Crippen LogP contribution in [0.2, 0.25) is 36.9 Å². The molecule has 0 radical (unpaired) electrons. The van der Waals surface area contributed by atoms with Gasteiger partial charge in [-0.15, -0.1) is 0 Å². The Bertz CT molecular complexity index is 177. The van der Waals surface area contributed by atoms with E-state index in [-0.39, 0.29) is 0 Å². The Morgan fingerprint density at radius 1 is 1.18 bits per heavy atom. The van der Waals surface area contributed by atoms with E-state index in [1.807, 2.05) is 0 Å². The zero-order valence-corrected chi connectivity index (χ0v) is 11.5. The molecule has 0 aromatic rings. The fourth-order valence-corrected chi connectivity index (χ4v) is 18.8. The summed E-state index contributed by atoms with van der Waals surface area (Å²) < 4.78 is 1.16. The number of nitrogens with zero attached hydrogens (tertiary/aromatic N) is 2. The van der Waals surface area contributed by atoms with Gasteiger partial charge >= 0.3 is 72.7 Å². The molecule has 0 spiro atoms. The second-order valence-electron chi connectivity index (χ2n) is 4.95. The molecular weight excluding hydrogens is 213 g/mol. The zero-order valence-electron chi connectivity index (χ0n) is 8.39. The van der Waals surface area contributed by atoms with Crippen LogP contribution < -0.4 is 0 Å². The van der Waals surface area contributed by atoms with Gasteiger partial charge in [-0.3, -0.25) is 0 Å². The molecule has 0 unspecified atom stereocenters. The molecule has 0 aliphatic carbocycles. The summed E-state index contributed by atoms with van der Waals surface area (Å²) in [5, 5.41) is 0. The van der Waals surface area contributed by atoms with Crippen molar-refractivity contribution in [1.29, 1.82) is 0 Å². The molecule has 64 valence electrons. The number of hydrogen-bond acceptors (Lipinski definition) is 0. The van der Waals surface area contributed by atoms with Crippen molar-refractivity contribution >= 4 is 25.5 Å². The minimum absolute atomic E-state index is 1.16. The molecule has 0 aromatic heterocycles. The summed E-state index contributed by atoms with van der Waals surface area (Å²) in [6.07, 6.45) is 0. The molecule has 0 fully saturated rings. The molecular formula is C7H18GeN2Si. The van der Waals surface area contributed by atoms with E-state index in [0.29, 0.717) is 0 Å². The Hall–Kier alpha value is 0.140. The van der Waals surface area contributed by atoms with Crippen LogP contribution in [0.1, 0.15) is 0 Å². The summed E-state index contributed by atoms with van der Waals surface area (Å²) in [5.74, 6) is 6.81. The first kappa shape index (κ1) is 11.1. The summed E-state index contributed by atoms with van der Waals surface area (Å²) in [5.41, 5.74) is 8.87. The maximum absolute atomic E-state index is 8.87. The van der Waals surface area contributed by atoms with E-state index >= 15 is 0 Å². The molecule has 0 heterocycles. The molecule has 2 nitrogen and oxygen atoms in total. The van der Waals surface area contributed by atoms with Gasteiger partial charge in [0.05, 0.1) is 0 Å². The standard InChI is InChI=1S/C7H18GeN2Si/c1-8(2,3)7(10-9)11(4,5)6/h1-6H3. The molecule has 0 saturated heterocycles. The third kappa shape index (κ3) is 3.36. The van der Waals surface area contributed by atoms with Gasteiger partial charge in [-0.25, -0.2) is 0 Å². The van der Waals surface area contributed by atoms with Gasteiger partial charge in [-0.2, -0.15) is 0 Å². The van der Waals surface area contributed by atoms with Crippen LogP contribution >= 0.6 is 0 Å². The minimum atomic E-state index is -1.84. The van der Waals surface area contributed by atoms with Crippen LogP contribution in [0, 0.1) is 0 Å². The molecule has 0 rings (SSSR count). The molecule has 11 heavy (non-hydrogen) atoms. The third-order valence-electron chi connectivity index (χ3n) is 1.52. The Morgan fingerprint density at radius 3 is 1.55 bits per heavy atom. The van der Waals surface area contributed by atoms with Gasteiger partial charge in [0.25, 0.3) is 0 Å². The maximum atomic E-state index is 8.87. The van der Waals surface area contributed by atoms with E-state index in [4.69, 9.17) is 5.53 Å². The molecule has 0 aliphatic heterocycles. The van der Waals surface area contributed by atoms with Crippen molar-refractivity contribution in [2.45, 2.75) is 36.9 Å². The zero-order chi connectivity index (χ0) is 9.28. The molecule has 0 amide bonds. The van der Waals surface area contributed by atoms with E-state index in [1.165, 1.54) is 0 Å². The predicted molar refractivity (Wildman–Crippen MR) is 55.3 cm³/mol. The van der Waals surface area contributed by atoms with Gasteiger partial charge in [0.2, 0.25) is 0 Å². The van der Waals surface area contributed by atoms with Crippen LogP contribution in [0.25, 0.3) is 5.53 Å². The Kier molecular flexibility index (Phi) is 3.29. The fraction of sp³-hybridized carbons (Fsp3) is 0.857. The first-order chi connectivity index (χ1) is 4.69. The Labute approximate surface area is 73.0 Å². The topological polar surface area (TPSA) is 36.4 Å². The number of rotatable bonds is 2. The number of hydrogen-bond donors (Lipinski definition) is 0. The van der Waals surface area contributed by atoms with E-state index in [1.54, 1.807) is 0 Å². The summed E-state index contributed by atoms with van der Waals surface area (Å²) in [7, 11) is -1.34. The van der Waals surface area contributed by atoms with E-state index in [0.717, 1.165) is 4.17 Å². The molecule has 0 aromatic carbocycles. The van der Waals surface area contributed by atoms with Crippen molar-refractivity contribution in [3.8, 4) is 0 Å². The monoisotopic (exact) mass is 232 g/mol. The van der Waals surface area contributed by atoms with Crippen LogP contribution in [0.5, 0.6) is 0 Å². The summed E-state index contributed by atoms with van der Waals surface area (Å²) in [6, 6.07) is 0. The second kappa shape index (κ2) is 3.25. The van der Waals surface area contributed by atoms with Crippen LogP contribution in [-0.4, -0.2) is 30.3 Å². The first-order valence-electron chi connectivity index (χ1n) is 3.92. The molecule has 0 aliphatic rings. The van der Waals surface area contributed by atoms with E-state index in [9.17, 15) is 0 Å². The normalized spacial score (nSPS) is 12.5. The Morgan fingerprint density at radius 2 is 1.55 bits per heavy atom.